The highest BCUT2D eigenvalue weighted by Crippen LogP contribution is 2.66. The van der Waals surface area contributed by atoms with Crippen LogP contribution in [-0.2, 0) is 9.59 Å². The Hall–Kier alpha value is -1.06. The third-order valence-electron chi connectivity index (χ3n) is 10.7. The molecule has 1 unspecified atom stereocenters. The first-order chi connectivity index (χ1) is 15.3. The zero-order valence-corrected chi connectivity index (χ0v) is 21.3. The molecule has 0 aromatic rings. The number of amides is 2. The zero-order valence-electron chi connectivity index (χ0n) is 21.3. The Kier molecular flexibility index (Phi) is 7.27. The van der Waals surface area contributed by atoms with Crippen LogP contribution in [0, 0.1) is 34.5 Å². The summed E-state index contributed by atoms with van der Waals surface area (Å²) in [5.74, 6) is 3.04. The second-order valence-corrected chi connectivity index (χ2v) is 12.2. The molecular weight excluding hydrogens is 396 g/mol. The molecule has 0 spiro atoms. The van der Waals surface area contributed by atoms with Gasteiger partial charge in [-0.15, -0.1) is 0 Å². The average Bonchev–Trinajstić information content (AvgIpc) is 3.13. The van der Waals surface area contributed by atoms with Crippen molar-refractivity contribution in [1.82, 2.24) is 10.2 Å². The van der Waals surface area contributed by atoms with Gasteiger partial charge in [-0.1, -0.05) is 52.9 Å². The summed E-state index contributed by atoms with van der Waals surface area (Å²) in [6.45, 7) is 8.04. The predicted molar refractivity (Wildman–Crippen MR) is 130 cm³/mol. The van der Waals surface area contributed by atoms with Gasteiger partial charge in [0, 0.05) is 32.0 Å². The third kappa shape index (κ3) is 4.13. The Morgan fingerprint density at radius 1 is 0.938 bits per heavy atom. The van der Waals surface area contributed by atoms with Gasteiger partial charge in [0.15, 0.2) is 0 Å². The monoisotopic (exact) mass is 444 g/mol. The van der Waals surface area contributed by atoms with Crippen molar-refractivity contribution in [2.75, 3.05) is 13.6 Å². The summed E-state index contributed by atoms with van der Waals surface area (Å²) in [6.07, 6.45) is 16.5. The quantitative estimate of drug-likeness (QED) is 0.471. The van der Waals surface area contributed by atoms with Crippen LogP contribution >= 0.6 is 0 Å². The Labute approximate surface area is 196 Å². The van der Waals surface area contributed by atoms with E-state index in [9.17, 15) is 9.59 Å². The summed E-state index contributed by atoms with van der Waals surface area (Å²) in [5.41, 5.74) is 0.441. The molecule has 4 nitrogen and oxygen atoms in total. The van der Waals surface area contributed by atoms with Gasteiger partial charge in [-0.05, 0) is 80.0 Å². The fourth-order valence-electron chi connectivity index (χ4n) is 8.82. The van der Waals surface area contributed by atoms with Gasteiger partial charge in [-0.25, -0.2) is 0 Å². The van der Waals surface area contributed by atoms with Crippen LogP contribution in [0.4, 0.5) is 0 Å². The number of unbranched alkanes of at least 4 members (excludes halogenated alkanes) is 5. The van der Waals surface area contributed by atoms with Gasteiger partial charge in [-0.2, -0.15) is 0 Å². The minimum absolute atomic E-state index is 0.173. The van der Waals surface area contributed by atoms with Crippen LogP contribution in [0.15, 0.2) is 0 Å². The minimum Gasteiger partial charge on any atom is -0.356 e. The highest BCUT2D eigenvalue weighted by Gasteiger charge is 2.62. The highest BCUT2D eigenvalue weighted by atomic mass is 16.2. The molecular formula is C28H48N2O2. The van der Waals surface area contributed by atoms with Crippen molar-refractivity contribution in [3.05, 3.63) is 0 Å². The number of carbonyl (C=O) groups is 2. The lowest BCUT2D eigenvalue weighted by molar-refractivity contribution is -0.159. The Morgan fingerprint density at radius 3 is 2.44 bits per heavy atom. The first kappa shape index (κ1) is 24.1. The van der Waals surface area contributed by atoms with Crippen molar-refractivity contribution >= 4 is 11.8 Å². The lowest BCUT2D eigenvalue weighted by Crippen LogP contribution is -2.61. The number of nitrogens with zero attached hydrogens (tertiary/aromatic N) is 1. The highest BCUT2D eigenvalue weighted by molar-refractivity contribution is 5.80. The van der Waals surface area contributed by atoms with Gasteiger partial charge in [0.2, 0.25) is 11.8 Å². The van der Waals surface area contributed by atoms with Gasteiger partial charge >= 0.3 is 0 Å². The van der Waals surface area contributed by atoms with Crippen molar-refractivity contribution in [3.63, 3.8) is 0 Å². The van der Waals surface area contributed by atoms with E-state index >= 15 is 0 Å². The molecule has 4 rings (SSSR count). The molecule has 2 amide bonds. The molecule has 0 aromatic heterocycles. The predicted octanol–water partition coefficient (Wildman–Crippen LogP) is 5.94. The molecule has 3 aliphatic carbocycles. The number of hydrogen-bond donors (Lipinski definition) is 1. The van der Waals surface area contributed by atoms with Crippen LogP contribution in [0.5, 0.6) is 0 Å². The molecule has 182 valence electrons. The van der Waals surface area contributed by atoms with Gasteiger partial charge in [0.05, 0.1) is 0 Å². The van der Waals surface area contributed by atoms with E-state index < -0.39 is 0 Å². The topological polar surface area (TPSA) is 49.4 Å². The second kappa shape index (κ2) is 9.66. The molecule has 4 heteroatoms. The molecule has 7 atom stereocenters. The normalized spacial score (nSPS) is 41.1. The van der Waals surface area contributed by atoms with E-state index in [0.29, 0.717) is 23.8 Å². The van der Waals surface area contributed by atoms with Crippen molar-refractivity contribution in [2.24, 2.45) is 34.5 Å². The first-order valence-corrected chi connectivity index (χ1v) is 13.9. The number of rotatable bonds is 8. The summed E-state index contributed by atoms with van der Waals surface area (Å²) >= 11 is 0. The van der Waals surface area contributed by atoms with Gasteiger partial charge in [-0.3, -0.25) is 9.59 Å². The number of fused-ring (bicyclic) bond motifs is 5. The largest absolute Gasteiger partial charge is 0.356 e. The number of likely N-dealkylation sites (tertiary alicyclic amines) is 1. The molecule has 4 aliphatic rings. The van der Waals surface area contributed by atoms with Crippen LogP contribution in [0.2, 0.25) is 0 Å². The molecule has 1 heterocycles. The van der Waals surface area contributed by atoms with Crippen LogP contribution in [0.25, 0.3) is 0 Å². The summed E-state index contributed by atoms with van der Waals surface area (Å²) in [5, 5.41) is 3.33. The van der Waals surface area contributed by atoms with Crippen molar-refractivity contribution < 1.29 is 9.59 Å². The fraction of sp³-hybridized carbons (Fsp3) is 0.929. The van der Waals surface area contributed by atoms with Crippen molar-refractivity contribution in [3.8, 4) is 0 Å². The third-order valence-corrected chi connectivity index (χ3v) is 10.7. The Bertz CT molecular complexity index is 693. The van der Waals surface area contributed by atoms with Crippen molar-refractivity contribution in [2.45, 2.75) is 117 Å². The van der Waals surface area contributed by atoms with Gasteiger partial charge in [0.25, 0.3) is 0 Å². The minimum atomic E-state index is 0.173. The summed E-state index contributed by atoms with van der Waals surface area (Å²) in [6, 6.07) is 0.423. The number of nitrogens with one attached hydrogen (secondary N) is 1. The fourth-order valence-corrected chi connectivity index (χ4v) is 8.82. The number of piperidine rings is 1. The molecule has 1 N–H and O–H groups in total. The first-order valence-electron chi connectivity index (χ1n) is 13.9. The van der Waals surface area contributed by atoms with Crippen LogP contribution in [0.3, 0.4) is 0 Å². The van der Waals surface area contributed by atoms with Crippen LogP contribution < -0.4 is 5.32 Å². The Balaban J connectivity index is 1.36. The molecule has 1 saturated heterocycles. The van der Waals surface area contributed by atoms with E-state index in [1.807, 2.05) is 7.05 Å². The second-order valence-electron chi connectivity index (χ2n) is 12.2. The molecule has 32 heavy (non-hydrogen) atoms. The van der Waals surface area contributed by atoms with E-state index in [2.05, 4.69) is 31.0 Å². The lowest BCUT2D eigenvalue weighted by Gasteiger charge is -2.61. The molecule has 0 radical (unpaired) electrons. The van der Waals surface area contributed by atoms with E-state index in [-0.39, 0.29) is 16.7 Å². The SMILES string of the molecule is CCCCCCCCNC(=O)[C@H]1CC[C@H]2[C@@H]3CCC4N(C)C(=O)CC[C@]4(C)[C@H]3CC[C@]12C. The molecule has 4 fully saturated rings. The van der Waals surface area contributed by atoms with E-state index in [1.165, 1.54) is 57.8 Å². The number of carbonyl (C=O) groups excluding carboxylic acids is 2. The maximum Gasteiger partial charge on any atom is 0.223 e. The summed E-state index contributed by atoms with van der Waals surface area (Å²) in [4.78, 5) is 27.7. The van der Waals surface area contributed by atoms with Crippen molar-refractivity contribution in [1.29, 1.82) is 0 Å². The van der Waals surface area contributed by atoms with Gasteiger partial charge in [0.1, 0.15) is 0 Å². The maximum absolute atomic E-state index is 13.2. The van der Waals surface area contributed by atoms with Crippen LogP contribution in [0.1, 0.15) is 111 Å². The Morgan fingerprint density at radius 2 is 1.66 bits per heavy atom. The summed E-state index contributed by atoms with van der Waals surface area (Å²) in [7, 11) is 2.04. The molecule has 3 saturated carbocycles. The lowest BCUT2D eigenvalue weighted by atomic mass is 9.47. The average molecular weight is 445 g/mol. The standard InChI is InChI=1S/C28H48N2O2/c1-5-6-7-8-9-10-19-29-26(32)23-13-12-21-20-11-14-24-28(3,18-16-25(31)30(24)4)22(20)15-17-27(21,23)2/h20-24H,5-19H2,1-4H3,(H,29,32)/t20-,21-,22-,23+,24?,27-,28+/m0/s1. The molecule has 0 bridgehead atoms. The zero-order chi connectivity index (χ0) is 22.9. The van der Waals surface area contributed by atoms with E-state index in [1.54, 1.807) is 0 Å². The van der Waals surface area contributed by atoms with Gasteiger partial charge < -0.3 is 10.2 Å². The molecule has 0 aromatic carbocycles. The van der Waals surface area contributed by atoms with E-state index in [4.69, 9.17) is 0 Å². The molecule has 1 aliphatic heterocycles. The smallest absolute Gasteiger partial charge is 0.223 e. The van der Waals surface area contributed by atoms with E-state index in [0.717, 1.165) is 50.5 Å². The number of hydrogen-bond acceptors (Lipinski definition) is 2. The van der Waals surface area contributed by atoms with Crippen LogP contribution in [-0.4, -0.2) is 36.3 Å². The maximum atomic E-state index is 13.2. The summed E-state index contributed by atoms with van der Waals surface area (Å²) < 4.78 is 0.